The zero-order valence-corrected chi connectivity index (χ0v) is 11.0. The van der Waals surface area contributed by atoms with Crippen molar-refractivity contribution < 1.29 is 17.6 Å². The molecular weight excluding hydrogens is 325 g/mol. The first-order chi connectivity index (χ1) is 7.36. The van der Waals surface area contributed by atoms with Crippen molar-refractivity contribution in [1.82, 2.24) is 0 Å². The molecule has 0 aromatic heterocycles. The molecular formula is C10H11BrClF4N. The van der Waals surface area contributed by atoms with Crippen LogP contribution in [0.5, 0.6) is 0 Å². The van der Waals surface area contributed by atoms with Crippen LogP contribution in [-0.2, 0) is 6.18 Å². The molecule has 1 aromatic rings. The van der Waals surface area contributed by atoms with Crippen molar-refractivity contribution in [2.75, 3.05) is 6.67 Å². The molecule has 0 fully saturated rings. The van der Waals surface area contributed by atoms with E-state index in [4.69, 9.17) is 5.73 Å². The average molecular weight is 337 g/mol. The van der Waals surface area contributed by atoms with Gasteiger partial charge in [-0.3, -0.25) is 4.39 Å². The van der Waals surface area contributed by atoms with Gasteiger partial charge in [0.05, 0.1) is 12.2 Å². The maximum atomic E-state index is 12.4. The summed E-state index contributed by atoms with van der Waals surface area (Å²) in [6.07, 6.45) is -4.41. The predicted octanol–water partition coefficient (Wildman–Crippen LogP) is 4.25. The van der Waals surface area contributed by atoms with Gasteiger partial charge >= 0.3 is 6.18 Å². The average Bonchev–Trinajstić information content (AvgIpc) is 2.16. The summed E-state index contributed by atoms with van der Waals surface area (Å²) in [6.45, 7) is -0.663. The third-order valence-electron chi connectivity index (χ3n) is 2.14. The summed E-state index contributed by atoms with van der Waals surface area (Å²) in [7, 11) is 0. The van der Waals surface area contributed by atoms with E-state index < -0.39 is 24.5 Å². The van der Waals surface area contributed by atoms with Gasteiger partial charge in [-0.15, -0.1) is 12.4 Å². The highest BCUT2D eigenvalue weighted by atomic mass is 79.9. The van der Waals surface area contributed by atoms with Gasteiger partial charge in [0.15, 0.2) is 0 Å². The van der Waals surface area contributed by atoms with Crippen molar-refractivity contribution in [2.24, 2.45) is 5.73 Å². The number of nitrogens with two attached hydrogens (primary N) is 1. The Balaban J connectivity index is 0.00000256. The third kappa shape index (κ3) is 4.44. The van der Waals surface area contributed by atoms with Crippen molar-refractivity contribution in [1.29, 1.82) is 0 Å². The molecule has 1 atom stereocenters. The lowest BCUT2D eigenvalue weighted by Crippen LogP contribution is -2.14. The quantitative estimate of drug-likeness (QED) is 0.821. The summed E-state index contributed by atoms with van der Waals surface area (Å²) >= 11 is 3.10. The second-order valence-corrected chi connectivity index (χ2v) is 4.17. The molecule has 2 N–H and O–H groups in total. The van der Waals surface area contributed by atoms with E-state index in [1.165, 1.54) is 6.07 Å². The molecule has 0 saturated heterocycles. The Morgan fingerprint density at radius 1 is 1.29 bits per heavy atom. The van der Waals surface area contributed by atoms with Gasteiger partial charge in [0.1, 0.15) is 0 Å². The van der Waals surface area contributed by atoms with Crippen LogP contribution in [-0.4, -0.2) is 6.67 Å². The Labute approximate surface area is 111 Å². The smallest absolute Gasteiger partial charge is 0.324 e. The molecule has 0 aliphatic rings. The second kappa shape index (κ2) is 6.56. The largest absolute Gasteiger partial charge is 0.416 e. The predicted molar refractivity (Wildman–Crippen MR) is 63.9 cm³/mol. The van der Waals surface area contributed by atoms with Gasteiger partial charge in [-0.2, -0.15) is 13.2 Å². The van der Waals surface area contributed by atoms with Crippen LogP contribution in [0.3, 0.4) is 0 Å². The van der Waals surface area contributed by atoms with Gasteiger partial charge in [-0.1, -0.05) is 15.9 Å². The molecule has 0 unspecified atom stereocenters. The molecule has 17 heavy (non-hydrogen) atoms. The molecule has 98 valence electrons. The highest BCUT2D eigenvalue weighted by Gasteiger charge is 2.31. The van der Waals surface area contributed by atoms with E-state index in [1.807, 2.05) is 0 Å². The normalized spacial score (nSPS) is 13.1. The number of hydrogen-bond donors (Lipinski definition) is 1. The van der Waals surface area contributed by atoms with Gasteiger partial charge in [0, 0.05) is 10.5 Å². The molecule has 0 bridgehead atoms. The molecule has 1 nitrogen and oxygen atoms in total. The van der Waals surface area contributed by atoms with Gasteiger partial charge in [-0.05, 0) is 30.2 Å². The zero-order chi connectivity index (χ0) is 12.3. The Bertz CT molecular complexity index is 370. The van der Waals surface area contributed by atoms with E-state index in [1.54, 1.807) is 0 Å². The van der Waals surface area contributed by atoms with Crippen LogP contribution in [0, 0.1) is 0 Å². The molecule has 0 aliphatic heterocycles. The highest BCUT2D eigenvalue weighted by molar-refractivity contribution is 9.10. The molecule has 7 heteroatoms. The van der Waals surface area contributed by atoms with Crippen molar-refractivity contribution in [2.45, 2.75) is 18.6 Å². The number of halogens is 6. The first-order valence-corrected chi connectivity index (χ1v) is 5.33. The molecule has 0 saturated carbocycles. The summed E-state index contributed by atoms with van der Waals surface area (Å²) in [5.74, 6) is 0. The molecule has 0 spiro atoms. The number of rotatable bonds is 3. The lowest BCUT2D eigenvalue weighted by molar-refractivity contribution is -0.137. The minimum absolute atomic E-state index is 0. The van der Waals surface area contributed by atoms with Crippen molar-refractivity contribution in [3.8, 4) is 0 Å². The number of alkyl halides is 4. The van der Waals surface area contributed by atoms with Crippen molar-refractivity contribution in [3.05, 3.63) is 33.8 Å². The van der Waals surface area contributed by atoms with Crippen LogP contribution in [0.4, 0.5) is 17.6 Å². The first kappa shape index (κ1) is 16.7. The lowest BCUT2D eigenvalue weighted by atomic mass is 10.0. The van der Waals surface area contributed by atoms with E-state index >= 15 is 0 Å². The van der Waals surface area contributed by atoms with Crippen LogP contribution in [0.2, 0.25) is 0 Å². The second-order valence-electron chi connectivity index (χ2n) is 3.32. The van der Waals surface area contributed by atoms with E-state index in [-0.39, 0.29) is 24.4 Å². The van der Waals surface area contributed by atoms with E-state index in [2.05, 4.69) is 15.9 Å². The van der Waals surface area contributed by atoms with Crippen LogP contribution in [0.15, 0.2) is 22.7 Å². The fourth-order valence-corrected chi connectivity index (χ4v) is 1.82. The van der Waals surface area contributed by atoms with Crippen LogP contribution >= 0.6 is 28.3 Å². The van der Waals surface area contributed by atoms with Crippen LogP contribution in [0.25, 0.3) is 0 Å². The van der Waals surface area contributed by atoms with Crippen molar-refractivity contribution in [3.63, 3.8) is 0 Å². The van der Waals surface area contributed by atoms with Gasteiger partial charge in [0.2, 0.25) is 0 Å². The fraction of sp³-hybridized carbons (Fsp3) is 0.400. The topological polar surface area (TPSA) is 26.0 Å². The number of benzene rings is 1. The van der Waals surface area contributed by atoms with Crippen molar-refractivity contribution >= 4 is 28.3 Å². The summed E-state index contributed by atoms with van der Waals surface area (Å²) in [5, 5.41) is 0. The Hall–Kier alpha value is -0.330. The van der Waals surface area contributed by atoms with E-state index in [0.717, 1.165) is 12.1 Å². The maximum absolute atomic E-state index is 12.4. The summed E-state index contributed by atoms with van der Waals surface area (Å²) in [5.41, 5.74) is 5.07. The summed E-state index contributed by atoms with van der Waals surface area (Å²) < 4.78 is 49.8. The molecule has 0 radical (unpaired) electrons. The van der Waals surface area contributed by atoms with Gasteiger partial charge < -0.3 is 5.73 Å². The Morgan fingerprint density at radius 3 is 2.35 bits per heavy atom. The number of hydrogen-bond acceptors (Lipinski definition) is 1. The molecule has 1 aromatic carbocycles. The minimum Gasteiger partial charge on any atom is -0.324 e. The molecule has 0 aliphatic carbocycles. The molecule has 0 heterocycles. The minimum atomic E-state index is -4.41. The van der Waals surface area contributed by atoms with Crippen LogP contribution < -0.4 is 5.73 Å². The maximum Gasteiger partial charge on any atom is 0.416 e. The fourth-order valence-electron chi connectivity index (χ4n) is 1.28. The first-order valence-electron chi connectivity index (χ1n) is 4.54. The highest BCUT2D eigenvalue weighted by Crippen LogP contribution is 2.34. The van der Waals surface area contributed by atoms with E-state index in [0.29, 0.717) is 4.47 Å². The lowest BCUT2D eigenvalue weighted by Gasteiger charge is -2.15. The van der Waals surface area contributed by atoms with Gasteiger partial charge in [-0.25, -0.2) is 0 Å². The van der Waals surface area contributed by atoms with Gasteiger partial charge in [0.25, 0.3) is 0 Å². The Kier molecular flexibility index (Phi) is 6.43. The van der Waals surface area contributed by atoms with E-state index in [9.17, 15) is 17.6 Å². The SMILES string of the molecule is Cl.N[C@H](CCF)c1cc(C(F)(F)F)ccc1Br. The standard InChI is InChI=1S/C10H10BrF4N.ClH/c11-8-2-1-6(10(13,14)15)5-7(8)9(16)3-4-12;/h1-2,5,9H,3-4,16H2;1H/t9-;/m1./s1. The molecule has 0 amide bonds. The van der Waals surface area contributed by atoms with Crippen LogP contribution in [0.1, 0.15) is 23.6 Å². The summed E-state index contributed by atoms with van der Waals surface area (Å²) in [4.78, 5) is 0. The monoisotopic (exact) mass is 335 g/mol. The molecule has 1 rings (SSSR count). The Morgan fingerprint density at radius 2 is 1.88 bits per heavy atom. The third-order valence-corrected chi connectivity index (χ3v) is 2.87. The summed E-state index contributed by atoms with van der Waals surface area (Å²) in [6, 6.07) is 2.44. The zero-order valence-electron chi connectivity index (χ0n) is 8.60.